The van der Waals surface area contributed by atoms with E-state index in [1.807, 2.05) is 0 Å². The first kappa shape index (κ1) is 10.4. The lowest BCUT2D eigenvalue weighted by Gasteiger charge is -2.04. The molecule has 0 aromatic carbocycles. The summed E-state index contributed by atoms with van der Waals surface area (Å²) in [7, 11) is 0. The summed E-state index contributed by atoms with van der Waals surface area (Å²) >= 11 is 10.0. The minimum absolute atomic E-state index is 0.215. The van der Waals surface area contributed by atoms with Crippen LogP contribution < -0.4 is 0 Å². The Hall–Kier alpha value is 1.40. The highest BCUT2D eigenvalue weighted by molar-refractivity contribution is 9.24. The Morgan fingerprint density at radius 1 is 1.11 bits per heavy atom. The van der Waals surface area contributed by atoms with E-state index < -0.39 is 0 Å². The number of aliphatic hydroxyl groups is 1. The minimum Gasteiger partial charge on any atom is -0.395 e. The van der Waals surface area contributed by atoms with Crippen molar-refractivity contribution in [3.8, 4) is 0 Å². The van der Waals surface area contributed by atoms with Crippen molar-refractivity contribution in [1.82, 2.24) is 0 Å². The van der Waals surface area contributed by atoms with Crippen LogP contribution in [0.3, 0.4) is 0 Å². The van der Waals surface area contributed by atoms with Gasteiger partial charge in [-0.2, -0.15) is 0 Å². The van der Waals surface area contributed by atoms with Crippen molar-refractivity contribution in [2.24, 2.45) is 0 Å². The fourth-order valence-electron chi connectivity index (χ4n) is 0.398. The molecule has 1 unspecified atom stereocenters. The van der Waals surface area contributed by atoms with E-state index in [-0.39, 0.29) is 11.4 Å². The van der Waals surface area contributed by atoms with Gasteiger partial charge >= 0.3 is 0 Å². The number of hydrogen-bond acceptors (Lipinski definition) is 1. The van der Waals surface area contributed by atoms with Gasteiger partial charge < -0.3 is 5.11 Å². The molecule has 0 aliphatic carbocycles. The third kappa shape index (κ3) is 7.30. The summed E-state index contributed by atoms with van der Waals surface area (Å²) in [4.78, 5) is 0.245. The number of alkyl halides is 3. The summed E-state index contributed by atoms with van der Waals surface area (Å²) in [6, 6.07) is 0. The maximum atomic E-state index is 8.57. The van der Waals surface area contributed by atoms with Gasteiger partial charge in [-0.25, -0.2) is 0 Å². The molecule has 1 nitrogen and oxygen atoms in total. The zero-order chi connectivity index (χ0) is 7.28. The van der Waals surface area contributed by atoms with Gasteiger partial charge in [-0.1, -0.05) is 47.8 Å². The second-order valence-corrected chi connectivity index (χ2v) is 6.48. The Bertz CT molecular complexity index is 67.2. The molecule has 0 saturated heterocycles. The second kappa shape index (κ2) is 6.13. The van der Waals surface area contributed by atoms with Crippen LogP contribution in [0.25, 0.3) is 0 Å². The van der Waals surface area contributed by atoms with Crippen LogP contribution in [0.1, 0.15) is 12.8 Å². The molecule has 0 bridgehead atoms. The molecule has 0 aliphatic rings. The Kier molecular flexibility index (Phi) is 7.09. The van der Waals surface area contributed by atoms with Crippen LogP contribution in [0.5, 0.6) is 0 Å². The summed E-state index contributed by atoms with van der Waals surface area (Å²) in [6.07, 6.45) is 2.01. The second-order valence-electron chi connectivity index (χ2n) is 1.75. The normalized spacial score (nSPS) is 14.3. The summed E-state index contributed by atoms with van der Waals surface area (Å²) in [5, 5.41) is 8.57. The van der Waals surface area contributed by atoms with Gasteiger partial charge in [-0.05, 0) is 12.8 Å². The van der Waals surface area contributed by atoms with E-state index in [1.165, 1.54) is 0 Å². The van der Waals surface area contributed by atoms with Gasteiger partial charge in [0.1, 0.15) is 0 Å². The Morgan fingerprint density at radius 2 is 1.67 bits per heavy atom. The first-order valence-corrected chi connectivity index (χ1v) is 5.44. The number of hydrogen-bond donors (Lipinski definition) is 1. The third-order valence-electron chi connectivity index (χ3n) is 0.896. The van der Waals surface area contributed by atoms with Crippen molar-refractivity contribution < 1.29 is 5.11 Å². The Balaban J connectivity index is 3.06. The van der Waals surface area contributed by atoms with Gasteiger partial charge in [0.05, 0.1) is 10.3 Å². The average molecular weight is 325 g/mol. The van der Waals surface area contributed by atoms with Gasteiger partial charge in [-0.3, -0.25) is 0 Å². The number of rotatable bonds is 4. The van der Waals surface area contributed by atoms with E-state index in [2.05, 4.69) is 47.8 Å². The molecule has 9 heavy (non-hydrogen) atoms. The quantitative estimate of drug-likeness (QED) is 0.788. The molecule has 0 aromatic rings. The lowest BCUT2D eigenvalue weighted by molar-refractivity contribution is 0.292. The van der Waals surface area contributed by atoms with E-state index >= 15 is 0 Å². The van der Waals surface area contributed by atoms with Crippen LogP contribution >= 0.6 is 47.8 Å². The third-order valence-corrected chi connectivity index (χ3v) is 2.56. The largest absolute Gasteiger partial charge is 0.395 e. The SMILES string of the molecule is OCC(Br)CCC(Br)Br. The fraction of sp³-hybridized carbons (Fsp3) is 1.00. The smallest absolute Gasteiger partial charge is 0.0698 e. The molecular formula is C5H9Br3O. The lowest BCUT2D eigenvalue weighted by atomic mass is 10.3. The van der Waals surface area contributed by atoms with Gasteiger partial charge in [0.15, 0.2) is 0 Å². The fourth-order valence-corrected chi connectivity index (χ4v) is 1.19. The molecule has 0 fully saturated rings. The Labute approximate surface area is 80.6 Å². The van der Waals surface area contributed by atoms with Crippen molar-refractivity contribution in [2.45, 2.75) is 21.4 Å². The van der Waals surface area contributed by atoms with E-state index in [1.54, 1.807) is 0 Å². The predicted molar refractivity (Wildman–Crippen MR) is 50.7 cm³/mol. The number of aliphatic hydroxyl groups excluding tert-OH is 1. The zero-order valence-electron chi connectivity index (χ0n) is 4.86. The van der Waals surface area contributed by atoms with Gasteiger partial charge in [-0.15, -0.1) is 0 Å². The molecular weight excluding hydrogens is 316 g/mol. The van der Waals surface area contributed by atoms with E-state index in [0.717, 1.165) is 12.8 Å². The average Bonchev–Trinajstić information content (AvgIpc) is 1.83. The highest BCUT2D eigenvalue weighted by Gasteiger charge is 2.04. The Morgan fingerprint density at radius 3 is 2.00 bits per heavy atom. The first-order chi connectivity index (χ1) is 4.16. The van der Waals surface area contributed by atoms with Gasteiger partial charge in [0.2, 0.25) is 0 Å². The molecule has 0 aliphatic heterocycles. The summed E-state index contributed by atoms with van der Waals surface area (Å²) in [5.74, 6) is 0. The van der Waals surface area contributed by atoms with Crippen molar-refractivity contribution in [2.75, 3.05) is 6.61 Å². The van der Waals surface area contributed by atoms with E-state index in [4.69, 9.17) is 5.11 Å². The molecule has 0 amide bonds. The standard InChI is InChI=1S/C5H9Br3O/c6-4(3-9)1-2-5(7)8/h4-5,9H,1-3H2. The first-order valence-electron chi connectivity index (χ1n) is 2.70. The molecule has 0 rings (SSSR count). The van der Waals surface area contributed by atoms with Gasteiger partial charge in [0, 0.05) is 4.83 Å². The molecule has 1 atom stereocenters. The lowest BCUT2D eigenvalue weighted by Crippen LogP contribution is -2.04. The van der Waals surface area contributed by atoms with E-state index in [0.29, 0.717) is 3.74 Å². The molecule has 0 saturated carbocycles. The highest BCUT2D eigenvalue weighted by Crippen LogP contribution is 2.18. The highest BCUT2D eigenvalue weighted by atomic mass is 79.9. The van der Waals surface area contributed by atoms with E-state index in [9.17, 15) is 0 Å². The monoisotopic (exact) mass is 322 g/mol. The van der Waals surface area contributed by atoms with Crippen LogP contribution in [0.4, 0.5) is 0 Å². The van der Waals surface area contributed by atoms with Crippen molar-refractivity contribution in [1.29, 1.82) is 0 Å². The molecule has 0 radical (unpaired) electrons. The molecule has 1 N–H and O–H groups in total. The van der Waals surface area contributed by atoms with Crippen LogP contribution in [0.2, 0.25) is 0 Å². The summed E-state index contributed by atoms with van der Waals surface area (Å²) < 4.78 is 0.372. The van der Waals surface area contributed by atoms with Crippen molar-refractivity contribution in [3.63, 3.8) is 0 Å². The van der Waals surface area contributed by atoms with Crippen LogP contribution in [-0.2, 0) is 0 Å². The maximum absolute atomic E-state index is 8.57. The topological polar surface area (TPSA) is 20.2 Å². The molecule has 0 spiro atoms. The molecule has 0 heterocycles. The van der Waals surface area contributed by atoms with Gasteiger partial charge in [0.25, 0.3) is 0 Å². The number of halogens is 3. The minimum atomic E-state index is 0.215. The van der Waals surface area contributed by atoms with Crippen LogP contribution in [0.15, 0.2) is 0 Å². The zero-order valence-corrected chi connectivity index (χ0v) is 9.62. The van der Waals surface area contributed by atoms with Crippen molar-refractivity contribution >= 4 is 47.8 Å². The maximum Gasteiger partial charge on any atom is 0.0698 e. The van der Waals surface area contributed by atoms with Crippen LogP contribution in [-0.4, -0.2) is 20.3 Å². The summed E-state index contributed by atoms with van der Waals surface area (Å²) in [5.41, 5.74) is 0. The summed E-state index contributed by atoms with van der Waals surface area (Å²) in [6.45, 7) is 0.215. The molecule has 56 valence electrons. The van der Waals surface area contributed by atoms with Crippen LogP contribution in [0, 0.1) is 0 Å². The predicted octanol–water partition coefficient (Wildman–Crippen LogP) is 2.64. The molecule has 4 heteroatoms. The van der Waals surface area contributed by atoms with Crippen molar-refractivity contribution in [3.05, 3.63) is 0 Å². The molecule has 0 aromatic heterocycles.